The van der Waals surface area contributed by atoms with Gasteiger partial charge in [0.25, 0.3) is 5.91 Å². The molecule has 0 bridgehead atoms. The molecule has 0 radical (unpaired) electrons. The summed E-state index contributed by atoms with van der Waals surface area (Å²) in [6.07, 6.45) is 3.76. The van der Waals surface area contributed by atoms with E-state index in [1.807, 2.05) is 35.2 Å². The van der Waals surface area contributed by atoms with Crippen LogP contribution in [0.5, 0.6) is 5.75 Å². The number of ether oxygens (including phenoxy) is 2. The van der Waals surface area contributed by atoms with Crippen molar-refractivity contribution >= 4 is 11.9 Å². The lowest BCUT2D eigenvalue weighted by Crippen LogP contribution is -2.27. The predicted octanol–water partition coefficient (Wildman–Crippen LogP) is 3.47. The van der Waals surface area contributed by atoms with Crippen LogP contribution in [0.3, 0.4) is 0 Å². The number of amides is 1. The molecule has 1 aromatic heterocycles. The predicted molar refractivity (Wildman–Crippen MR) is 111 cm³/mol. The maximum atomic E-state index is 12.6. The van der Waals surface area contributed by atoms with E-state index in [-0.39, 0.29) is 18.2 Å². The molecular formula is C23H23N3O4. The zero-order valence-corrected chi connectivity index (χ0v) is 16.8. The first-order chi connectivity index (χ1) is 14.7. The maximum Gasteiger partial charge on any atom is 0.363 e. The normalized spacial score (nSPS) is 13.3. The Kier molecular flexibility index (Phi) is 5.79. The van der Waals surface area contributed by atoms with Crippen LogP contribution >= 0.6 is 0 Å². The number of carbonyl (C=O) groups is 2. The molecule has 1 saturated heterocycles. The van der Waals surface area contributed by atoms with E-state index < -0.39 is 5.97 Å². The fourth-order valence-corrected chi connectivity index (χ4v) is 3.43. The van der Waals surface area contributed by atoms with Gasteiger partial charge in [0, 0.05) is 18.7 Å². The lowest BCUT2D eigenvalue weighted by molar-refractivity contribution is 0.0461. The number of esters is 1. The highest BCUT2D eigenvalue weighted by Crippen LogP contribution is 2.21. The Labute approximate surface area is 174 Å². The van der Waals surface area contributed by atoms with Crippen LogP contribution in [0.15, 0.2) is 60.8 Å². The zero-order valence-electron chi connectivity index (χ0n) is 16.8. The summed E-state index contributed by atoms with van der Waals surface area (Å²) in [7, 11) is 1.49. The Morgan fingerprint density at radius 1 is 1.00 bits per heavy atom. The van der Waals surface area contributed by atoms with Crippen molar-refractivity contribution in [3.05, 3.63) is 77.6 Å². The molecular weight excluding hydrogens is 382 g/mol. The zero-order chi connectivity index (χ0) is 20.9. The standard InChI is InChI=1S/C23H23N3O4/c1-29-20-15-26(19-7-3-2-4-8-19)24-21(20)23(28)30-16-17-9-11-18(12-10-17)22(27)25-13-5-6-14-25/h2-4,7-12,15H,5-6,13-14,16H2,1H3. The van der Waals surface area contributed by atoms with Gasteiger partial charge in [0.05, 0.1) is 19.0 Å². The molecule has 7 nitrogen and oxygen atoms in total. The fraction of sp³-hybridized carbons (Fsp3) is 0.261. The Morgan fingerprint density at radius 2 is 1.70 bits per heavy atom. The van der Waals surface area contributed by atoms with E-state index in [2.05, 4.69) is 5.10 Å². The van der Waals surface area contributed by atoms with Gasteiger partial charge in [-0.2, -0.15) is 5.10 Å². The number of hydrogen-bond donors (Lipinski definition) is 0. The summed E-state index contributed by atoms with van der Waals surface area (Å²) in [5, 5.41) is 4.31. The number of carbonyl (C=O) groups excluding carboxylic acids is 2. The number of aromatic nitrogens is 2. The average Bonchev–Trinajstić information content (AvgIpc) is 3.48. The van der Waals surface area contributed by atoms with Crippen LogP contribution < -0.4 is 4.74 Å². The van der Waals surface area contributed by atoms with Gasteiger partial charge < -0.3 is 14.4 Å². The van der Waals surface area contributed by atoms with Gasteiger partial charge in [-0.1, -0.05) is 30.3 Å². The third-order valence-electron chi connectivity index (χ3n) is 5.08. The summed E-state index contributed by atoms with van der Waals surface area (Å²) in [6, 6.07) is 16.6. The molecule has 1 aliphatic heterocycles. The van der Waals surface area contributed by atoms with Gasteiger partial charge in [-0.15, -0.1) is 0 Å². The SMILES string of the molecule is COc1cn(-c2ccccc2)nc1C(=O)OCc1ccc(C(=O)N2CCCC2)cc1. The highest BCUT2D eigenvalue weighted by atomic mass is 16.5. The lowest BCUT2D eigenvalue weighted by Gasteiger charge is -2.15. The molecule has 0 saturated carbocycles. The lowest BCUT2D eigenvalue weighted by atomic mass is 10.1. The number of benzene rings is 2. The van der Waals surface area contributed by atoms with Crippen LogP contribution in [0.4, 0.5) is 0 Å². The molecule has 0 aliphatic carbocycles. The first-order valence-electron chi connectivity index (χ1n) is 9.90. The minimum Gasteiger partial charge on any atom is -0.493 e. The summed E-state index contributed by atoms with van der Waals surface area (Å²) in [6.45, 7) is 1.71. The number of para-hydroxylation sites is 1. The molecule has 0 unspecified atom stereocenters. The topological polar surface area (TPSA) is 73.7 Å². The average molecular weight is 405 g/mol. The van der Waals surface area contributed by atoms with Crippen LogP contribution in [0.1, 0.15) is 39.3 Å². The van der Waals surface area contributed by atoms with E-state index in [0.717, 1.165) is 37.2 Å². The molecule has 30 heavy (non-hydrogen) atoms. The van der Waals surface area contributed by atoms with E-state index >= 15 is 0 Å². The first kappa shape index (κ1) is 19.7. The summed E-state index contributed by atoms with van der Waals surface area (Å²) in [4.78, 5) is 26.8. The van der Waals surface area contributed by atoms with Gasteiger partial charge in [0.2, 0.25) is 5.69 Å². The molecule has 2 aromatic carbocycles. The van der Waals surface area contributed by atoms with Crippen LogP contribution in [0.25, 0.3) is 5.69 Å². The Bertz CT molecular complexity index is 1020. The second kappa shape index (κ2) is 8.82. The summed E-state index contributed by atoms with van der Waals surface area (Å²) >= 11 is 0. The Balaban J connectivity index is 1.41. The van der Waals surface area contributed by atoms with Crippen LogP contribution in [0.2, 0.25) is 0 Å². The summed E-state index contributed by atoms with van der Waals surface area (Å²) < 4.78 is 12.3. The van der Waals surface area contributed by atoms with Gasteiger partial charge in [-0.05, 0) is 42.7 Å². The van der Waals surface area contributed by atoms with Crippen LogP contribution in [0, 0.1) is 0 Å². The molecule has 3 aromatic rings. The van der Waals surface area contributed by atoms with Crippen molar-refractivity contribution in [2.24, 2.45) is 0 Å². The summed E-state index contributed by atoms with van der Waals surface area (Å²) in [5.74, 6) is -0.179. The van der Waals surface area contributed by atoms with Crippen molar-refractivity contribution in [2.45, 2.75) is 19.4 Å². The second-order valence-electron chi connectivity index (χ2n) is 7.10. The molecule has 154 valence electrons. The van der Waals surface area contributed by atoms with Crippen molar-refractivity contribution in [3.8, 4) is 11.4 Å². The highest BCUT2D eigenvalue weighted by Gasteiger charge is 2.21. The van der Waals surface area contributed by atoms with Crippen LogP contribution in [-0.2, 0) is 11.3 Å². The van der Waals surface area contributed by atoms with E-state index in [1.165, 1.54) is 7.11 Å². The van der Waals surface area contributed by atoms with Crippen molar-refractivity contribution in [1.82, 2.24) is 14.7 Å². The minimum absolute atomic E-state index is 0.0484. The van der Waals surface area contributed by atoms with Gasteiger partial charge in [-0.25, -0.2) is 9.48 Å². The van der Waals surface area contributed by atoms with E-state index in [0.29, 0.717) is 11.3 Å². The highest BCUT2D eigenvalue weighted by molar-refractivity contribution is 5.94. The van der Waals surface area contributed by atoms with Crippen molar-refractivity contribution in [1.29, 1.82) is 0 Å². The number of likely N-dealkylation sites (tertiary alicyclic amines) is 1. The molecule has 0 atom stereocenters. The molecule has 1 fully saturated rings. The van der Waals surface area contributed by atoms with Crippen LogP contribution in [-0.4, -0.2) is 46.8 Å². The van der Waals surface area contributed by atoms with Crippen molar-refractivity contribution in [3.63, 3.8) is 0 Å². The number of hydrogen-bond acceptors (Lipinski definition) is 5. The number of rotatable bonds is 6. The third kappa shape index (κ3) is 4.20. The monoisotopic (exact) mass is 405 g/mol. The smallest absolute Gasteiger partial charge is 0.363 e. The number of nitrogens with zero attached hydrogens (tertiary/aromatic N) is 3. The van der Waals surface area contributed by atoms with E-state index in [4.69, 9.17) is 9.47 Å². The molecule has 1 amide bonds. The second-order valence-corrected chi connectivity index (χ2v) is 7.10. The van der Waals surface area contributed by atoms with Gasteiger partial charge >= 0.3 is 5.97 Å². The molecule has 4 rings (SSSR count). The van der Waals surface area contributed by atoms with Crippen molar-refractivity contribution in [2.75, 3.05) is 20.2 Å². The first-order valence-corrected chi connectivity index (χ1v) is 9.90. The Hall–Kier alpha value is -3.61. The van der Waals surface area contributed by atoms with Gasteiger partial charge in [0.1, 0.15) is 6.61 Å². The fourth-order valence-electron chi connectivity index (χ4n) is 3.43. The largest absolute Gasteiger partial charge is 0.493 e. The Morgan fingerprint density at radius 3 is 2.37 bits per heavy atom. The number of methoxy groups -OCH3 is 1. The minimum atomic E-state index is -0.571. The van der Waals surface area contributed by atoms with E-state index in [9.17, 15) is 9.59 Å². The maximum absolute atomic E-state index is 12.6. The summed E-state index contributed by atoms with van der Waals surface area (Å²) in [5.41, 5.74) is 2.37. The van der Waals surface area contributed by atoms with Gasteiger partial charge in [-0.3, -0.25) is 4.79 Å². The molecule has 7 heteroatoms. The molecule has 0 spiro atoms. The molecule has 0 N–H and O–H groups in total. The quantitative estimate of drug-likeness (QED) is 0.587. The molecule has 1 aliphatic rings. The van der Waals surface area contributed by atoms with E-state index in [1.54, 1.807) is 35.1 Å². The van der Waals surface area contributed by atoms with Gasteiger partial charge in [0.15, 0.2) is 5.75 Å². The molecule has 2 heterocycles. The third-order valence-corrected chi connectivity index (χ3v) is 5.08. The van der Waals surface area contributed by atoms with Crippen molar-refractivity contribution < 1.29 is 19.1 Å².